The summed E-state index contributed by atoms with van der Waals surface area (Å²) in [5, 5.41) is 10.1. The highest BCUT2D eigenvalue weighted by Gasteiger charge is 2.39. The molecule has 1 aromatic heterocycles. The molecule has 2 aromatic carbocycles. The molecule has 0 saturated carbocycles. The molecule has 1 amide bonds. The van der Waals surface area contributed by atoms with E-state index in [0.717, 1.165) is 30.0 Å². The molecule has 212 valence electrons. The highest BCUT2D eigenvalue weighted by Crippen LogP contribution is 2.48. The van der Waals surface area contributed by atoms with Crippen molar-refractivity contribution in [3.8, 4) is 11.1 Å². The number of aromatic nitrogens is 2. The number of thioether (sulfide) groups is 1. The Bertz CT molecular complexity index is 1530. The molecule has 3 heterocycles. The first-order valence-electron chi connectivity index (χ1n) is 12.8. The molecule has 5 rings (SSSR count). The van der Waals surface area contributed by atoms with Crippen molar-refractivity contribution < 1.29 is 27.5 Å². The number of carbonyl (C=O) groups is 1. The Labute approximate surface area is 232 Å². The Balaban J connectivity index is 1.81. The van der Waals surface area contributed by atoms with Crippen molar-refractivity contribution in [2.24, 2.45) is 5.92 Å². The fraction of sp³-hybridized carbons (Fsp3) is 0.393. The van der Waals surface area contributed by atoms with Crippen molar-refractivity contribution >= 4 is 34.4 Å². The number of piperazine rings is 1. The molecule has 1 N–H and O–H groups in total. The van der Waals surface area contributed by atoms with Gasteiger partial charge in [0.1, 0.15) is 11.6 Å². The average Bonchev–Trinajstić information content (AvgIpc) is 3.10. The van der Waals surface area contributed by atoms with Gasteiger partial charge in [-0.25, -0.2) is 9.18 Å². The summed E-state index contributed by atoms with van der Waals surface area (Å²) in [5.41, 5.74) is -1.24. The van der Waals surface area contributed by atoms with Gasteiger partial charge in [0.2, 0.25) is 5.91 Å². The lowest BCUT2D eigenvalue weighted by Crippen LogP contribution is -2.58. The standard InChI is InChI=1S/C28H28F4N4O3S/c1-4-22(38)36-15(2)10-34(11-16(36)3)26-20-9-21(28(30,31)32)23(18-5-7-19(29)8-6-18)25-24(20)35(27(39)33-26)12-17(13-37)14-40-25/h4-9,15-17,37H,1,10-14H2,2-3H3/t15-,16+,17-/m1/s1. The van der Waals surface area contributed by atoms with Crippen molar-refractivity contribution in [1.29, 1.82) is 0 Å². The summed E-state index contributed by atoms with van der Waals surface area (Å²) < 4.78 is 59.2. The van der Waals surface area contributed by atoms with Gasteiger partial charge in [-0.15, -0.1) is 11.8 Å². The SMILES string of the molecule is C=CC(=O)N1[C@H](C)CN(c2nc(=O)n3c4c(c(-c5ccc(F)cc5)c(C(F)(F)F)cc24)SC[C@@H](CO)C3)C[C@@H]1C. The van der Waals surface area contributed by atoms with Gasteiger partial charge in [-0.3, -0.25) is 9.36 Å². The van der Waals surface area contributed by atoms with E-state index in [0.29, 0.717) is 5.52 Å². The van der Waals surface area contributed by atoms with Gasteiger partial charge in [-0.1, -0.05) is 18.7 Å². The van der Waals surface area contributed by atoms with Crippen LogP contribution < -0.4 is 10.6 Å². The van der Waals surface area contributed by atoms with Crippen LogP contribution in [0.5, 0.6) is 0 Å². The zero-order chi connectivity index (χ0) is 28.9. The van der Waals surface area contributed by atoms with E-state index in [2.05, 4.69) is 11.6 Å². The van der Waals surface area contributed by atoms with Crippen LogP contribution in [0.25, 0.3) is 22.0 Å². The Kier molecular flexibility index (Phi) is 7.43. The van der Waals surface area contributed by atoms with E-state index in [4.69, 9.17) is 0 Å². The number of hydrogen-bond acceptors (Lipinski definition) is 6. The smallest absolute Gasteiger partial charge is 0.396 e. The Morgan fingerprint density at radius 3 is 2.40 bits per heavy atom. The van der Waals surface area contributed by atoms with Crippen LogP contribution in [0.1, 0.15) is 19.4 Å². The second-order valence-electron chi connectivity index (χ2n) is 10.3. The van der Waals surface area contributed by atoms with E-state index in [-0.39, 0.29) is 77.2 Å². The monoisotopic (exact) mass is 576 g/mol. The van der Waals surface area contributed by atoms with Crippen LogP contribution >= 0.6 is 11.8 Å². The van der Waals surface area contributed by atoms with Crippen molar-refractivity contribution in [3.05, 3.63) is 64.9 Å². The average molecular weight is 577 g/mol. The maximum Gasteiger partial charge on any atom is 0.417 e. The number of hydrogen-bond donors (Lipinski definition) is 1. The van der Waals surface area contributed by atoms with Gasteiger partial charge in [0.05, 0.1) is 11.1 Å². The van der Waals surface area contributed by atoms with E-state index in [1.807, 2.05) is 13.8 Å². The van der Waals surface area contributed by atoms with Crippen LogP contribution in [0.2, 0.25) is 0 Å². The molecule has 0 aliphatic carbocycles. The van der Waals surface area contributed by atoms with Crippen molar-refractivity contribution in [2.75, 3.05) is 30.3 Å². The van der Waals surface area contributed by atoms with Gasteiger partial charge in [-0.05, 0) is 43.7 Å². The minimum Gasteiger partial charge on any atom is -0.396 e. The van der Waals surface area contributed by atoms with Gasteiger partial charge >= 0.3 is 11.9 Å². The molecular formula is C28H28F4N4O3S. The number of aliphatic hydroxyl groups excluding tert-OH is 1. The van der Waals surface area contributed by atoms with Gasteiger partial charge in [-0.2, -0.15) is 18.2 Å². The first kappa shape index (κ1) is 28.2. The van der Waals surface area contributed by atoms with Crippen LogP contribution in [0.3, 0.4) is 0 Å². The van der Waals surface area contributed by atoms with Crippen LogP contribution in [-0.4, -0.2) is 63.0 Å². The van der Waals surface area contributed by atoms with Crippen LogP contribution in [0.15, 0.2) is 52.7 Å². The second-order valence-corrected chi connectivity index (χ2v) is 11.3. The minimum absolute atomic E-state index is 0.0851. The number of benzene rings is 2. The lowest BCUT2D eigenvalue weighted by Gasteiger charge is -2.44. The molecule has 2 aliphatic heterocycles. The van der Waals surface area contributed by atoms with Crippen molar-refractivity contribution in [3.63, 3.8) is 0 Å². The Morgan fingerprint density at radius 1 is 1.18 bits per heavy atom. The van der Waals surface area contributed by atoms with Crippen LogP contribution in [0.4, 0.5) is 23.4 Å². The number of alkyl halides is 3. The highest BCUT2D eigenvalue weighted by molar-refractivity contribution is 7.99. The normalized spacial score (nSPS) is 21.4. The third kappa shape index (κ3) is 4.87. The Hall–Kier alpha value is -3.38. The van der Waals surface area contributed by atoms with Gasteiger partial charge in [0, 0.05) is 65.8 Å². The zero-order valence-corrected chi connectivity index (χ0v) is 22.7. The number of halogens is 4. The minimum atomic E-state index is -4.77. The Morgan fingerprint density at radius 2 is 1.82 bits per heavy atom. The summed E-state index contributed by atoms with van der Waals surface area (Å²) in [7, 11) is 0. The molecule has 0 bridgehead atoms. The number of aliphatic hydroxyl groups is 1. The molecule has 12 heteroatoms. The predicted octanol–water partition coefficient (Wildman–Crippen LogP) is 4.55. The van der Waals surface area contributed by atoms with Crippen molar-refractivity contribution in [2.45, 2.75) is 43.5 Å². The van der Waals surface area contributed by atoms with Gasteiger partial charge < -0.3 is 14.9 Å². The fourth-order valence-corrected chi connectivity index (χ4v) is 7.07. The summed E-state index contributed by atoms with van der Waals surface area (Å²) >= 11 is 1.14. The van der Waals surface area contributed by atoms with Crippen molar-refractivity contribution in [1.82, 2.24) is 14.5 Å². The quantitative estimate of drug-likeness (QED) is 0.363. The second kappa shape index (κ2) is 10.5. The molecule has 2 aliphatic rings. The van der Waals surface area contributed by atoms with E-state index in [9.17, 15) is 32.3 Å². The summed E-state index contributed by atoms with van der Waals surface area (Å²) in [4.78, 5) is 33.8. The summed E-state index contributed by atoms with van der Waals surface area (Å²) in [6.45, 7) is 7.52. The van der Waals surface area contributed by atoms with E-state index >= 15 is 0 Å². The third-order valence-corrected chi connectivity index (χ3v) is 8.77. The molecule has 1 fully saturated rings. The molecule has 0 unspecified atom stereocenters. The zero-order valence-electron chi connectivity index (χ0n) is 21.9. The first-order chi connectivity index (χ1) is 18.9. The van der Waals surface area contributed by atoms with Gasteiger partial charge in [0.15, 0.2) is 0 Å². The molecular weight excluding hydrogens is 548 g/mol. The number of nitrogens with zero attached hydrogens (tertiary/aromatic N) is 4. The van der Waals surface area contributed by atoms with E-state index in [1.54, 1.807) is 9.80 Å². The first-order valence-corrected chi connectivity index (χ1v) is 13.8. The largest absolute Gasteiger partial charge is 0.417 e. The lowest BCUT2D eigenvalue weighted by atomic mass is 9.96. The molecule has 7 nitrogen and oxygen atoms in total. The summed E-state index contributed by atoms with van der Waals surface area (Å²) in [6.07, 6.45) is -3.55. The number of carbonyl (C=O) groups excluding carboxylic acids is 1. The maximum absolute atomic E-state index is 14.7. The van der Waals surface area contributed by atoms with E-state index < -0.39 is 29.2 Å². The molecule has 0 spiro atoms. The molecule has 0 radical (unpaired) electrons. The van der Waals surface area contributed by atoms with Crippen LogP contribution in [-0.2, 0) is 17.5 Å². The molecule has 40 heavy (non-hydrogen) atoms. The number of rotatable bonds is 4. The molecule has 3 aromatic rings. The number of amides is 1. The summed E-state index contributed by atoms with van der Waals surface area (Å²) in [6, 6.07) is 5.16. The molecule has 3 atom stereocenters. The number of anilines is 1. The highest BCUT2D eigenvalue weighted by atomic mass is 32.2. The van der Waals surface area contributed by atoms with Gasteiger partial charge in [0.25, 0.3) is 0 Å². The maximum atomic E-state index is 14.7. The molecule has 1 saturated heterocycles. The predicted molar refractivity (Wildman–Crippen MR) is 146 cm³/mol. The fourth-order valence-electron chi connectivity index (χ4n) is 5.73. The third-order valence-electron chi connectivity index (χ3n) is 7.45. The summed E-state index contributed by atoms with van der Waals surface area (Å²) in [5.74, 6) is -0.849. The topological polar surface area (TPSA) is 78.7 Å². The van der Waals surface area contributed by atoms with Crippen LogP contribution in [0, 0.1) is 11.7 Å². The van der Waals surface area contributed by atoms with E-state index in [1.165, 1.54) is 22.8 Å². The lowest BCUT2D eigenvalue weighted by molar-refractivity contribution is -0.137.